The summed E-state index contributed by atoms with van der Waals surface area (Å²) in [5, 5.41) is 3.01. The van der Waals surface area contributed by atoms with E-state index in [1.165, 1.54) is 29.8 Å². The number of nitrogens with one attached hydrogen (secondary N) is 1. The zero-order valence-corrected chi connectivity index (χ0v) is 21.4. The fraction of sp³-hybridized carbons (Fsp3) is 0.161. The number of rotatable bonds is 9. The number of thioether (sulfide) groups is 1. The summed E-state index contributed by atoms with van der Waals surface area (Å²) in [7, 11) is 0. The van der Waals surface area contributed by atoms with E-state index in [-0.39, 0.29) is 5.91 Å². The molecule has 1 N–H and O–H groups in total. The molecule has 1 aliphatic rings. The van der Waals surface area contributed by atoms with Crippen LogP contribution in [0.3, 0.4) is 0 Å². The Kier molecular flexibility index (Phi) is 8.04. The van der Waals surface area contributed by atoms with Crippen LogP contribution < -0.4 is 10.2 Å². The lowest BCUT2D eigenvalue weighted by atomic mass is 10.0. The molecule has 7 heteroatoms. The summed E-state index contributed by atoms with van der Waals surface area (Å²) in [6.45, 7) is 0.302. The Hall–Kier alpha value is -4.10. The number of anilines is 1. The van der Waals surface area contributed by atoms with Crippen molar-refractivity contribution in [3.63, 3.8) is 0 Å². The number of hydrogen-bond acceptors (Lipinski definition) is 4. The van der Waals surface area contributed by atoms with Crippen molar-refractivity contribution in [1.82, 2.24) is 5.32 Å². The van der Waals surface area contributed by atoms with Crippen molar-refractivity contribution in [3.05, 3.63) is 132 Å². The molecule has 0 spiro atoms. The number of cyclic esters (lactones) is 1. The van der Waals surface area contributed by atoms with Crippen LogP contribution in [0.4, 0.5) is 14.9 Å². The van der Waals surface area contributed by atoms with Gasteiger partial charge in [-0.05, 0) is 66.1 Å². The van der Waals surface area contributed by atoms with Crippen LogP contribution in [-0.4, -0.2) is 30.7 Å². The molecule has 2 atom stereocenters. The first kappa shape index (κ1) is 25.5. The maximum atomic E-state index is 13.3. The topological polar surface area (TPSA) is 58.6 Å². The van der Waals surface area contributed by atoms with Gasteiger partial charge in [-0.2, -0.15) is 0 Å². The summed E-state index contributed by atoms with van der Waals surface area (Å²) < 4.78 is 19.1. The third-order valence-electron chi connectivity index (χ3n) is 6.40. The first-order valence-electron chi connectivity index (χ1n) is 12.4. The van der Waals surface area contributed by atoms with Gasteiger partial charge in [0, 0.05) is 21.9 Å². The predicted octanol–water partition coefficient (Wildman–Crippen LogP) is 6.48. The molecule has 4 aromatic rings. The molecule has 1 fully saturated rings. The van der Waals surface area contributed by atoms with Gasteiger partial charge in [0.15, 0.2) is 0 Å². The van der Waals surface area contributed by atoms with E-state index in [0.717, 1.165) is 21.9 Å². The minimum Gasteiger partial charge on any atom is -0.442 e. The van der Waals surface area contributed by atoms with E-state index in [2.05, 4.69) is 17.4 Å². The standard InChI is InChI=1S/C31H27FN2O3S/c32-25-13-11-24(12-14-25)30(35)33-28(19-22-7-3-1-4-8-22)29-20-34(31(36)37-29)26-15-17-27(18-16-26)38-21-23-9-5-2-6-10-23/h1-18,28-29H,19-21H2,(H,33,35)/t28?,29-/m1/s1. The van der Waals surface area contributed by atoms with Gasteiger partial charge in [-0.1, -0.05) is 60.7 Å². The second-order valence-electron chi connectivity index (χ2n) is 9.08. The number of hydrogen-bond donors (Lipinski definition) is 1. The van der Waals surface area contributed by atoms with Crippen LogP contribution in [0.15, 0.2) is 114 Å². The van der Waals surface area contributed by atoms with Gasteiger partial charge in [-0.25, -0.2) is 9.18 Å². The van der Waals surface area contributed by atoms with Gasteiger partial charge < -0.3 is 10.1 Å². The van der Waals surface area contributed by atoms with E-state index in [0.29, 0.717) is 18.5 Å². The minimum atomic E-state index is -0.556. The third kappa shape index (κ3) is 6.42. The molecule has 1 aliphatic heterocycles. The average Bonchev–Trinajstić information content (AvgIpc) is 3.34. The summed E-state index contributed by atoms with van der Waals surface area (Å²) in [6.07, 6.45) is -0.526. The van der Waals surface area contributed by atoms with Gasteiger partial charge in [0.25, 0.3) is 5.91 Å². The first-order chi connectivity index (χ1) is 18.5. The molecule has 1 saturated heterocycles. The normalized spacial score (nSPS) is 15.7. The highest BCUT2D eigenvalue weighted by molar-refractivity contribution is 7.98. The Morgan fingerprint density at radius 3 is 2.18 bits per heavy atom. The highest BCUT2D eigenvalue weighted by Gasteiger charge is 2.38. The molecule has 1 unspecified atom stereocenters. The van der Waals surface area contributed by atoms with Crippen molar-refractivity contribution in [3.8, 4) is 0 Å². The van der Waals surface area contributed by atoms with Gasteiger partial charge in [-0.3, -0.25) is 9.69 Å². The summed E-state index contributed by atoms with van der Waals surface area (Å²) in [4.78, 5) is 28.5. The van der Waals surface area contributed by atoms with Crippen LogP contribution in [0.1, 0.15) is 21.5 Å². The third-order valence-corrected chi connectivity index (χ3v) is 7.49. The summed E-state index contributed by atoms with van der Waals surface area (Å²) >= 11 is 1.73. The molecule has 0 aromatic heterocycles. The number of amides is 2. The molecule has 0 aliphatic carbocycles. The van der Waals surface area contributed by atoms with Gasteiger partial charge in [0.2, 0.25) is 0 Å². The van der Waals surface area contributed by atoms with Crippen LogP contribution in [0.2, 0.25) is 0 Å². The Balaban J connectivity index is 1.28. The lowest BCUT2D eigenvalue weighted by molar-refractivity contribution is 0.0840. The zero-order chi connectivity index (χ0) is 26.3. The molecule has 192 valence electrons. The lowest BCUT2D eigenvalue weighted by Gasteiger charge is -2.23. The van der Waals surface area contributed by atoms with Gasteiger partial charge in [0.05, 0.1) is 12.6 Å². The van der Waals surface area contributed by atoms with Gasteiger partial charge >= 0.3 is 6.09 Å². The number of carbonyl (C=O) groups excluding carboxylic acids is 2. The SMILES string of the molecule is O=C(NC(Cc1ccccc1)[C@H]1CN(c2ccc(SCc3ccccc3)cc2)C(=O)O1)c1ccc(F)cc1. The molecule has 0 radical (unpaired) electrons. The average molecular weight is 527 g/mol. The number of halogens is 1. The van der Waals surface area contributed by atoms with E-state index in [4.69, 9.17) is 4.74 Å². The highest BCUT2D eigenvalue weighted by Crippen LogP contribution is 2.28. The predicted molar refractivity (Wildman–Crippen MR) is 148 cm³/mol. The van der Waals surface area contributed by atoms with Crippen molar-refractivity contribution >= 4 is 29.4 Å². The number of benzene rings is 4. The van der Waals surface area contributed by atoms with Crippen LogP contribution in [0.25, 0.3) is 0 Å². The summed E-state index contributed by atoms with van der Waals surface area (Å²) in [5.74, 6) is 0.107. The molecular weight excluding hydrogens is 499 g/mol. The summed E-state index contributed by atoms with van der Waals surface area (Å²) in [5.41, 5.74) is 3.34. The zero-order valence-electron chi connectivity index (χ0n) is 20.6. The van der Waals surface area contributed by atoms with Gasteiger partial charge in [0.1, 0.15) is 11.9 Å². The van der Waals surface area contributed by atoms with Crippen LogP contribution in [-0.2, 0) is 16.9 Å². The molecule has 2 amide bonds. The van der Waals surface area contributed by atoms with Crippen molar-refractivity contribution in [2.45, 2.75) is 29.2 Å². The smallest absolute Gasteiger partial charge is 0.414 e. The van der Waals surface area contributed by atoms with Crippen molar-refractivity contribution in [2.24, 2.45) is 0 Å². The van der Waals surface area contributed by atoms with Crippen LogP contribution >= 0.6 is 11.8 Å². The summed E-state index contributed by atoms with van der Waals surface area (Å²) in [6, 6.07) is 32.7. The maximum absolute atomic E-state index is 13.3. The minimum absolute atomic E-state index is 0.302. The quantitative estimate of drug-likeness (QED) is 0.254. The number of carbonyl (C=O) groups is 2. The fourth-order valence-electron chi connectivity index (χ4n) is 4.36. The highest BCUT2D eigenvalue weighted by atomic mass is 32.2. The maximum Gasteiger partial charge on any atom is 0.414 e. The molecule has 38 heavy (non-hydrogen) atoms. The largest absolute Gasteiger partial charge is 0.442 e. The monoisotopic (exact) mass is 526 g/mol. The van der Waals surface area contributed by atoms with E-state index in [1.54, 1.807) is 16.7 Å². The lowest BCUT2D eigenvalue weighted by Crippen LogP contribution is -2.46. The molecule has 4 aromatic carbocycles. The molecule has 5 nitrogen and oxygen atoms in total. The van der Waals surface area contributed by atoms with E-state index >= 15 is 0 Å². The van der Waals surface area contributed by atoms with Crippen LogP contribution in [0, 0.1) is 5.82 Å². The second-order valence-corrected chi connectivity index (χ2v) is 10.1. The Morgan fingerprint density at radius 1 is 0.895 bits per heavy atom. The fourth-order valence-corrected chi connectivity index (χ4v) is 5.22. The van der Waals surface area contributed by atoms with Crippen molar-refractivity contribution in [1.29, 1.82) is 0 Å². The molecule has 5 rings (SSSR count). The second kappa shape index (κ2) is 12.0. The number of ether oxygens (including phenoxy) is 1. The Morgan fingerprint density at radius 2 is 1.53 bits per heavy atom. The molecule has 0 bridgehead atoms. The van der Waals surface area contributed by atoms with Gasteiger partial charge in [-0.15, -0.1) is 11.8 Å². The Bertz CT molecular complexity index is 1370. The van der Waals surface area contributed by atoms with Crippen LogP contribution in [0.5, 0.6) is 0 Å². The first-order valence-corrected chi connectivity index (χ1v) is 13.4. The van der Waals surface area contributed by atoms with E-state index < -0.39 is 24.1 Å². The van der Waals surface area contributed by atoms with Crippen molar-refractivity contribution in [2.75, 3.05) is 11.4 Å². The number of nitrogens with zero attached hydrogens (tertiary/aromatic N) is 1. The molecular formula is C31H27FN2O3S. The van der Waals surface area contributed by atoms with E-state index in [9.17, 15) is 14.0 Å². The Labute approximate surface area is 225 Å². The van der Waals surface area contributed by atoms with E-state index in [1.807, 2.05) is 72.8 Å². The van der Waals surface area contributed by atoms with Crippen molar-refractivity contribution < 1.29 is 18.7 Å². The molecule has 1 heterocycles. The molecule has 0 saturated carbocycles.